The number of rotatable bonds is 12. The van der Waals surface area contributed by atoms with E-state index >= 15 is 0 Å². The van der Waals surface area contributed by atoms with Gasteiger partial charge in [0.15, 0.2) is 0 Å². The molecule has 4 aromatic rings. The summed E-state index contributed by atoms with van der Waals surface area (Å²) in [5.74, 6) is 1.38. The van der Waals surface area contributed by atoms with Crippen molar-refractivity contribution >= 4 is 58.1 Å². The summed E-state index contributed by atoms with van der Waals surface area (Å²) in [5.41, 5.74) is 4.09. The van der Waals surface area contributed by atoms with Crippen LogP contribution >= 0.6 is 11.6 Å². The Bertz CT molecular complexity index is 1760. The van der Waals surface area contributed by atoms with Crippen LogP contribution in [0.15, 0.2) is 72.9 Å². The lowest BCUT2D eigenvalue weighted by atomic mass is 10.1. The second kappa shape index (κ2) is 15.5. The zero-order valence-corrected chi connectivity index (χ0v) is 28.7. The number of aromatic nitrogens is 2. The normalized spacial score (nSPS) is 14.6. The Morgan fingerprint density at radius 1 is 1.00 bits per heavy atom. The molecule has 12 nitrogen and oxygen atoms in total. The number of fused-ring (bicyclic) bond motifs is 1. The number of amides is 3. The quantitative estimate of drug-likeness (QED) is 0.178. The summed E-state index contributed by atoms with van der Waals surface area (Å²) in [6.45, 7) is 11.0. The van der Waals surface area contributed by atoms with E-state index in [1.165, 1.54) is 4.90 Å². The molecule has 6 rings (SSSR count). The third-order valence-corrected chi connectivity index (χ3v) is 9.01. The van der Waals surface area contributed by atoms with Crippen molar-refractivity contribution in [2.75, 3.05) is 84.9 Å². The molecule has 2 aliphatic heterocycles. The van der Waals surface area contributed by atoms with Crippen LogP contribution in [0.2, 0.25) is 5.02 Å². The second-order valence-electron chi connectivity index (χ2n) is 11.8. The van der Waals surface area contributed by atoms with Crippen LogP contribution in [0.25, 0.3) is 0 Å². The number of hydrogen-bond acceptors (Lipinski definition) is 9. The summed E-state index contributed by atoms with van der Waals surface area (Å²) < 4.78 is 11.3. The minimum absolute atomic E-state index is 0.207. The Balaban J connectivity index is 1.10. The molecule has 0 saturated carbocycles. The van der Waals surface area contributed by atoms with E-state index in [0.29, 0.717) is 53.5 Å². The number of morpholine rings is 1. The van der Waals surface area contributed by atoms with Gasteiger partial charge in [-0.05, 0) is 79.8 Å². The summed E-state index contributed by atoms with van der Waals surface area (Å²) in [5, 5.41) is 6.52. The van der Waals surface area contributed by atoms with Gasteiger partial charge in [-0.1, -0.05) is 25.4 Å². The first-order valence-electron chi connectivity index (χ1n) is 16.5. The SMILES string of the molecule is CCN(CC)CCOc1ccc(Nc2ncc3c(n2)N(C)C(=O)N(c2cc(NC(=O)c4ccc(N5CCOCC5)cc4)ccc2Cl)C3)cc1. The lowest BCUT2D eigenvalue weighted by Crippen LogP contribution is -2.46. The molecule has 2 N–H and O–H groups in total. The number of hydrogen-bond donors (Lipinski definition) is 2. The monoisotopic (exact) mass is 684 g/mol. The van der Waals surface area contributed by atoms with Crippen molar-refractivity contribution in [2.24, 2.45) is 0 Å². The maximum Gasteiger partial charge on any atom is 0.330 e. The highest BCUT2D eigenvalue weighted by atomic mass is 35.5. The van der Waals surface area contributed by atoms with Gasteiger partial charge in [0.1, 0.15) is 18.2 Å². The zero-order chi connectivity index (χ0) is 34.3. The molecule has 3 aromatic carbocycles. The standard InChI is InChI=1S/C36H41ClN8O4/c1-4-43(5-2)16-21-49-30-13-8-27(9-14-30)40-35-38-23-26-24-45(36(47)42(3)33(26)41-35)32-22-28(10-15-31(32)37)39-34(46)25-6-11-29(12-7-25)44-17-19-48-20-18-44/h6-15,22-23H,4-5,16-21,24H2,1-3H3,(H,39,46)(H,38,40,41). The van der Waals surface area contributed by atoms with Crippen LogP contribution < -0.4 is 30.1 Å². The lowest BCUT2D eigenvalue weighted by molar-refractivity contribution is 0.102. The largest absolute Gasteiger partial charge is 0.492 e. The second-order valence-corrected chi connectivity index (χ2v) is 12.2. The number of benzene rings is 3. The van der Waals surface area contributed by atoms with Gasteiger partial charge < -0.3 is 29.9 Å². The molecule has 0 spiro atoms. The third kappa shape index (κ3) is 8.05. The van der Waals surface area contributed by atoms with Crippen molar-refractivity contribution < 1.29 is 19.1 Å². The number of nitrogens with one attached hydrogen (secondary N) is 2. The number of urea groups is 1. The van der Waals surface area contributed by atoms with E-state index in [-0.39, 0.29) is 18.5 Å². The van der Waals surface area contributed by atoms with Crippen LogP contribution in [0.3, 0.4) is 0 Å². The fourth-order valence-electron chi connectivity index (χ4n) is 5.80. The van der Waals surface area contributed by atoms with E-state index in [9.17, 15) is 9.59 Å². The van der Waals surface area contributed by atoms with Gasteiger partial charge in [-0.25, -0.2) is 9.78 Å². The first-order chi connectivity index (χ1) is 23.8. The first kappa shape index (κ1) is 34.0. The summed E-state index contributed by atoms with van der Waals surface area (Å²) in [7, 11) is 1.66. The van der Waals surface area contributed by atoms with Gasteiger partial charge in [-0.3, -0.25) is 14.6 Å². The minimum Gasteiger partial charge on any atom is -0.492 e. The first-order valence-corrected chi connectivity index (χ1v) is 16.9. The Hall–Kier alpha value is -4.91. The van der Waals surface area contributed by atoms with Crippen LogP contribution in [0, 0.1) is 0 Å². The van der Waals surface area contributed by atoms with E-state index in [2.05, 4.69) is 44.2 Å². The molecule has 3 heterocycles. The molecule has 1 saturated heterocycles. The van der Waals surface area contributed by atoms with E-state index in [1.807, 2.05) is 36.4 Å². The molecule has 256 valence electrons. The molecule has 3 amide bonds. The van der Waals surface area contributed by atoms with Crippen LogP contribution in [-0.2, 0) is 11.3 Å². The highest BCUT2D eigenvalue weighted by molar-refractivity contribution is 6.34. The van der Waals surface area contributed by atoms with Gasteiger partial charge in [0, 0.05) is 61.1 Å². The van der Waals surface area contributed by atoms with Crippen molar-refractivity contribution in [3.63, 3.8) is 0 Å². The molecular formula is C36H41ClN8O4. The maximum absolute atomic E-state index is 13.6. The Labute approximate surface area is 291 Å². The van der Waals surface area contributed by atoms with Crippen molar-refractivity contribution in [1.29, 1.82) is 0 Å². The van der Waals surface area contributed by atoms with Crippen molar-refractivity contribution in [3.8, 4) is 5.75 Å². The molecule has 0 unspecified atom stereocenters. The number of carbonyl (C=O) groups is 2. The maximum atomic E-state index is 13.6. The molecule has 1 fully saturated rings. The van der Waals surface area contributed by atoms with Gasteiger partial charge in [-0.15, -0.1) is 0 Å². The van der Waals surface area contributed by atoms with Gasteiger partial charge in [0.25, 0.3) is 5.91 Å². The Morgan fingerprint density at radius 2 is 1.71 bits per heavy atom. The molecule has 2 aliphatic rings. The Morgan fingerprint density at radius 3 is 2.43 bits per heavy atom. The Kier molecular flexibility index (Phi) is 10.8. The average molecular weight is 685 g/mol. The van der Waals surface area contributed by atoms with Crippen molar-refractivity contribution in [1.82, 2.24) is 14.9 Å². The number of nitrogens with zero attached hydrogens (tertiary/aromatic N) is 6. The topological polar surface area (TPSA) is 115 Å². The molecule has 0 bridgehead atoms. The van der Waals surface area contributed by atoms with Gasteiger partial charge >= 0.3 is 6.03 Å². The van der Waals surface area contributed by atoms with Crippen molar-refractivity contribution in [3.05, 3.63) is 89.1 Å². The summed E-state index contributed by atoms with van der Waals surface area (Å²) in [4.78, 5) is 43.5. The van der Waals surface area contributed by atoms with E-state index in [1.54, 1.807) is 48.5 Å². The molecule has 49 heavy (non-hydrogen) atoms. The highest BCUT2D eigenvalue weighted by Crippen LogP contribution is 2.36. The molecule has 1 aromatic heterocycles. The predicted molar refractivity (Wildman–Crippen MR) is 194 cm³/mol. The van der Waals surface area contributed by atoms with Crippen LogP contribution in [0.1, 0.15) is 29.8 Å². The number of anilines is 6. The van der Waals surface area contributed by atoms with E-state index in [4.69, 9.17) is 21.1 Å². The zero-order valence-electron chi connectivity index (χ0n) is 28.0. The van der Waals surface area contributed by atoms with Crippen LogP contribution in [0.4, 0.5) is 39.3 Å². The lowest BCUT2D eigenvalue weighted by Gasteiger charge is -2.34. The highest BCUT2D eigenvalue weighted by Gasteiger charge is 2.32. The predicted octanol–water partition coefficient (Wildman–Crippen LogP) is 6.26. The van der Waals surface area contributed by atoms with E-state index < -0.39 is 0 Å². The van der Waals surface area contributed by atoms with Crippen molar-refractivity contribution in [2.45, 2.75) is 20.4 Å². The smallest absolute Gasteiger partial charge is 0.330 e. The molecular weight excluding hydrogens is 644 g/mol. The van der Waals surface area contributed by atoms with Crippen LogP contribution in [0.5, 0.6) is 5.75 Å². The van der Waals surface area contributed by atoms with Gasteiger partial charge in [0.05, 0.1) is 30.5 Å². The summed E-state index contributed by atoms with van der Waals surface area (Å²) in [6, 6.07) is 19.9. The molecule has 13 heteroatoms. The average Bonchev–Trinajstić information content (AvgIpc) is 3.14. The molecule has 0 atom stereocenters. The number of likely N-dealkylation sites (N-methyl/N-ethyl adjacent to an activating group) is 1. The fourth-order valence-corrected chi connectivity index (χ4v) is 6.02. The summed E-state index contributed by atoms with van der Waals surface area (Å²) in [6.07, 6.45) is 1.70. The summed E-state index contributed by atoms with van der Waals surface area (Å²) >= 11 is 6.61. The third-order valence-electron chi connectivity index (χ3n) is 8.69. The van der Waals surface area contributed by atoms with Gasteiger partial charge in [0.2, 0.25) is 5.95 Å². The molecule has 0 radical (unpaired) electrons. The number of halogens is 1. The molecule has 0 aliphatic carbocycles. The number of ether oxygens (including phenoxy) is 2. The van der Waals surface area contributed by atoms with E-state index in [0.717, 1.165) is 55.4 Å². The van der Waals surface area contributed by atoms with Gasteiger partial charge in [-0.2, -0.15) is 4.98 Å². The van der Waals surface area contributed by atoms with Crippen LogP contribution in [-0.4, -0.2) is 86.4 Å². The number of carbonyl (C=O) groups excluding carboxylic acids is 2. The fraction of sp³-hybridized carbons (Fsp3) is 0.333. The minimum atomic E-state index is -0.313.